The summed E-state index contributed by atoms with van der Waals surface area (Å²) < 4.78 is 0. The predicted octanol–water partition coefficient (Wildman–Crippen LogP) is 1.44. The fourth-order valence-electron chi connectivity index (χ4n) is 1.57. The standard InChI is InChI=1S/C9H11NO.C7H9N3O/c1-10(2)9-5-3-8(7-11)4-6-9;8-6-3-1-5(2-4-6)7(11)10-9/h3-7H,1-2H3;1-4H,8-9H2,(H,10,11). The molecule has 0 radical (unpaired) electrons. The average Bonchev–Trinajstić information content (AvgIpc) is 2.55. The molecule has 2 aromatic carbocycles. The number of hydrazine groups is 1. The summed E-state index contributed by atoms with van der Waals surface area (Å²) in [6.07, 6.45) is 0.847. The summed E-state index contributed by atoms with van der Waals surface area (Å²) in [5.74, 6) is 4.60. The maximum absolute atomic E-state index is 10.8. The average molecular weight is 300 g/mol. The molecule has 0 aliphatic heterocycles. The van der Waals surface area contributed by atoms with Crippen LogP contribution in [0.5, 0.6) is 0 Å². The number of hydrogen-bond donors (Lipinski definition) is 3. The monoisotopic (exact) mass is 300 g/mol. The number of aldehydes is 1. The van der Waals surface area contributed by atoms with Crippen LogP contribution in [0.1, 0.15) is 20.7 Å². The van der Waals surface area contributed by atoms with Crippen LogP contribution < -0.4 is 21.9 Å². The van der Waals surface area contributed by atoms with Crippen LogP contribution in [-0.4, -0.2) is 26.3 Å². The van der Waals surface area contributed by atoms with Crippen LogP contribution in [0.4, 0.5) is 11.4 Å². The lowest BCUT2D eigenvalue weighted by Gasteiger charge is -2.11. The highest BCUT2D eigenvalue weighted by Gasteiger charge is 2.00. The first-order valence-corrected chi connectivity index (χ1v) is 6.57. The van der Waals surface area contributed by atoms with Crippen molar-refractivity contribution >= 4 is 23.6 Å². The van der Waals surface area contributed by atoms with Crippen LogP contribution in [0.15, 0.2) is 48.5 Å². The van der Waals surface area contributed by atoms with E-state index in [1.807, 2.05) is 48.7 Å². The summed E-state index contributed by atoms with van der Waals surface area (Å²) in [6, 6.07) is 14.0. The lowest BCUT2D eigenvalue weighted by Crippen LogP contribution is -2.29. The van der Waals surface area contributed by atoms with Crippen molar-refractivity contribution in [1.29, 1.82) is 0 Å². The molecule has 6 heteroatoms. The molecule has 0 aromatic heterocycles. The topological polar surface area (TPSA) is 101 Å². The zero-order valence-electron chi connectivity index (χ0n) is 12.6. The van der Waals surface area contributed by atoms with Crippen molar-refractivity contribution in [2.24, 2.45) is 5.84 Å². The number of anilines is 2. The normalized spacial score (nSPS) is 9.23. The Balaban J connectivity index is 0.000000220. The SMILES string of the molecule is CN(C)c1ccc(C=O)cc1.NNC(=O)c1ccc(N)cc1. The molecule has 0 unspecified atom stereocenters. The van der Waals surface area contributed by atoms with E-state index < -0.39 is 0 Å². The van der Waals surface area contributed by atoms with Crippen molar-refractivity contribution in [3.8, 4) is 0 Å². The summed E-state index contributed by atoms with van der Waals surface area (Å²) in [5.41, 5.74) is 10.4. The fourth-order valence-corrected chi connectivity index (χ4v) is 1.57. The third-order valence-electron chi connectivity index (χ3n) is 2.85. The molecule has 0 spiro atoms. The fraction of sp³-hybridized carbons (Fsp3) is 0.125. The van der Waals surface area contributed by atoms with E-state index in [1.165, 1.54) is 0 Å². The second-order valence-corrected chi connectivity index (χ2v) is 4.70. The van der Waals surface area contributed by atoms with Crippen molar-refractivity contribution in [1.82, 2.24) is 5.43 Å². The number of nitrogen functional groups attached to an aromatic ring is 2. The molecule has 0 saturated heterocycles. The third-order valence-corrected chi connectivity index (χ3v) is 2.85. The van der Waals surface area contributed by atoms with Gasteiger partial charge in [0.15, 0.2) is 0 Å². The minimum Gasteiger partial charge on any atom is -0.399 e. The molecule has 0 aliphatic carbocycles. The quantitative estimate of drug-likeness (QED) is 0.262. The Hall–Kier alpha value is -2.86. The van der Waals surface area contributed by atoms with E-state index in [1.54, 1.807) is 24.3 Å². The largest absolute Gasteiger partial charge is 0.399 e. The molecule has 116 valence electrons. The zero-order chi connectivity index (χ0) is 16.5. The number of benzene rings is 2. The molecule has 6 nitrogen and oxygen atoms in total. The second-order valence-electron chi connectivity index (χ2n) is 4.70. The van der Waals surface area contributed by atoms with Gasteiger partial charge in [-0.3, -0.25) is 15.0 Å². The highest BCUT2D eigenvalue weighted by atomic mass is 16.2. The van der Waals surface area contributed by atoms with Gasteiger partial charge in [-0.15, -0.1) is 0 Å². The van der Waals surface area contributed by atoms with Gasteiger partial charge in [-0.2, -0.15) is 0 Å². The number of nitrogens with one attached hydrogen (secondary N) is 1. The summed E-state index contributed by atoms with van der Waals surface area (Å²) in [7, 11) is 3.94. The Bertz CT molecular complexity index is 607. The molecule has 0 aliphatic rings. The van der Waals surface area contributed by atoms with Crippen LogP contribution in [-0.2, 0) is 0 Å². The van der Waals surface area contributed by atoms with E-state index >= 15 is 0 Å². The molecule has 2 aromatic rings. The zero-order valence-corrected chi connectivity index (χ0v) is 12.6. The first-order chi connectivity index (χ1) is 10.5. The van der Waals surface area contributed by atoms with E-state index in [2.05, 4.69) is 0 Å². The summed E-state index contributed by atoms with van der Waals surface area (Å²) in [5, 5.41) is 0. The summed E-state index contributed by atoms with van der Waals surface area (Å²) in [4.78, 5) is 23.1. The lowest BCUT2D eigenvalue weighted by molar-refractivity contribution is 0.0953. The van der Waals surface area contributed by atoms with E-state index in [0.717, 1.165) is 17.5 Å². The van der Waals surface area contributed by atoms with Crippen molar-refractivity contribution < 1.29 is 9.59 Å². The van der Waals surface area contributed by atoms with Gasteiger partial charge >= 0.3 is 0 Å². The second kappa shape index (κ2) is 8.43. The number of carbonyl (C=O) groups excluding carboxylic acids is 2. The number of hydrogen-bond acceptors (Lipinski definition) is 5. The number of amides is 1. The van der Waals surface area contributed by atoms with Crippen molar-refractivity contribution in [2.45, 2.75) is 0 Å². The molecular weight excluding hydrogens is 280 g/mol. The summed E-state index contributed by atoms with van der Waals surface area (Å²) >= 11 is 0. The minimum absolute atomic E-state index is 0.315. The van der Waals surface area contributed by atoms with Gasteiger partial charge in [-0.25, -0.2) is 5.84 Å². The Morgan fingerprint density at radius 2 is 1.59 bits per heavy atom. The molecule has 0 heterocycles. The van der Waals surface area contributed by atoms with Crippen molar-refractivity contribution in [2.75, 3.05) is 24.7 Å². The first kappa shape index (κ1) is 17.2. The van der Waals surface area contributed by atoms with Gasteiger partial charge in [0.2, 0.25) is 0 Å². The van der Waals surface area contributed by atoms with E-state index in [0.29, 0.717) is 11.3 Å². The molecule has 22 heavy (non-hydrogen) atoms. The summed E-state index contributed by atoms with van der Waals surface area (Å²) in [6.45, 7) is 0. The maximum atomic E-state index is 10.8. The van der Waals surface area contributed by atoms with Gasteiger partial charge in [0.25, 0.3) is 5.91 Å². The number of nitrogens with two attached hydrogens (primary N) is 2. The molecule has 0 saturated carbocycles. The van der Waals surface area contributed by atoms with Crippen molar-refractivity contribution in [3.05, 3.63) is 59.7 Å². The number of carbonyl (C=O) groups is 2. The molecule has 0 atom stereocenters. The molecular formula is C16H20N4O2. The molecule has 2 rings (SSSR count). The van der Waals surface area contributed by atoms with E-state index in [-0.39, 0.29) is 5.91 Å². The molecule has 1 amide bonds. The highest BCUT2D eigenvalue weighted by molar-refractivity contribution is 5.93. The smallest absolute Gasteiger partial charge is 0.265 e. The first-order valence-electron chi connectivity index (χ1n) is 6.57. The predicted molar refractivity (Wildman–Crippen MR) is 88.7 cm³/mol. The molecule has 0 bridgehead atoms. The highest BCUT2D eigenvalue weighted by Crippen LogP contribution is 2.10. The van der Waals surface area contributed by atoms with Crippen LogP contribution in [0.3, 0.4) is 0 Å². The Morgan fingerprint density at radius 1 is 1.05 bits per heavy atom. The van der Waals surface area contributed by atoms with E-state index in [4.69, 9.17) is 11.6 Å². The van der Waals surface area contributed by atoms with Gasteiger partial charge in [0.1, 0.15) is 6.29 Å². The minimum atomic E-state index is -0.315. The van der Waals surface area contributed by atoms with Gasteiger partial charge in [0, 0.05) is 36.6 Å². The van der Waals surface area contributed by atoms with Gasteiger partial charge in [-0.05, 0) is 48.5 Å². The number of rotatable bonds is 3. The maximum Gasteiger partial charge on any atom is 0.265 e. The number of nitrogens with zero attached hydrogens (tertiary/aromatic N) is 1. The Kier molecular flexibility index (Phi) is 6.59. The van der Waals surface area contributed by atoms with Crippen LogP contribution in [0.25, 0.3) is 0 Å². The molecule has 5 N–H and O–H groups in total. The van der Waals surface area contributed by atoms with Crippen LogP contribution >= 0.6 is 0 Å². The molecule has 0 fully saturated rings. The van der Waals surface area contributed by atoms with Gasteiger partial charge in [-0.1, -0.05) is 0 Å². The van der Waals surface area contributed by atoms with Gasteiger partial charge in [0.05, 0.1) is 0 Å². The third kappa shape index (κ3) is 5.26. The van der Waals surface area contributed by atoms with E-state index in [9.17, 15) is 9.59 Å². The van der Waals surface area contributed by atoms with Gasteiger partial charge < -0.3 is 10.6 Å². The Labute approximate surface area is 129 Å². The van der Waals surface area contributed by atoms with Crippen molar-refractivity contribution in [3.63, 3.8) is 0 Å². The lowest BCUT2D eigenvalue weighted by atomic mass is 10.2. The van der Waals surface area contributed by atoms with Crippen LogP contribution in [0.2, 0.25) is 0 Å². The van der Waals surface area contributed by atoms with Crippen LogP contribution in [0, 0.1) is 0 Å². The Morgan fingerprint density at radius 3 is 2.00 bits per heavy atom.